The van der Waals surface area contributed by atoms with Gasteiger partial charge in [-0.25, -0.2) is 9.78 Å². The van der Waals surface area contributed by atoms with Gasteiger partial charge in [-0.15, -0.1) is 11.8 Å². The number of hydrogen-bond donors (Lipinski definition) is 1. The molecule has 154 valence electrons. The van der Waals surface area contributed by atoms with Crippen LogP contribution in [0.4, 0.5) is 0 Å². The minimum absolute atomic E-state index is 0.0783. The van der Waals surface area contributed by atoms with Gasteiger partial charge in [-0.1, -0.05) is 31.5 Å². The van der Waals surface area contributed by atoms with E-state index in [1.807, 2.05) is 37.3 Å². The highest BCUT2D eigenvalue weighted by Crippen LogP contribution is 2.23. The third-order valence-corrected chi connectivity index (χ3v) is 5.66. The number of imidazole rings is 1. The summed E-state index contributed by atoms with van der Waals surface area (Å²) in [6.45, 7) is 4.18. The Balaban J connectivity index is 1.79. The molecule has 0 saturated heterocycles. The minimum atomic E-state index is -0.502. The van der Waals surface area contributed by atoms with E-state index >= 15 is 0 Å². The van der Waals surface area contributed by atoms with Gasteiger partial charge in [0.05, 0.1) is 0 Å². The van der Waals surface area contributed by atoms with Crippen molar-refractivity contribution in [2.24, 2.45) is 7.05 Å². The van der Waals surface area contributed by atoms with Crippen LogP contribution >= 0.6 is 11.8 Å². The molecule has 8 nitrogen and oxygen atoms in total. The Hall–Kier alpha value is -2.81. The molecule has 0 spiro atoms. The number of aryl methyl sites for hydroxylation is 2. The number of carbonyl (C=O) groups excluding carboxylic acids is 1. The summed E-state index contributed by atoms with van der Waals surface area (Å²) in [5.41, 5.74) is -0.380. The van der Waals surface area contributed by atoms with Gasteiger partial charge in [0.15, 0.2) is 11.2 Å². The first-order valence-electron chi connectivity index (χ1n) is 9.49. The van der Waals surface area contributed by atoms with Gasteiger partial charge in [0.2, 0.25) is 0 Å². The van der Waals surface area contributed by atoms with E-state index in [1.165, 1.54) is 16.3 Å². The number of unbranched alkanes of at least 4 members (excludes halogenated alkanes) is 1. The van der Waals surface area contributed by atoms with E-state index in [0.29, 0.717) is 23.5 Å². The van der Waals surface area contributed by atoms with Gasteiger partial charge in [0.1, 0.15) is 17.7 Å². The fourth-order valence-corrected chi connectivity index (χ4v) is 3.84. The van der Waals surface area contributed by atoms with Crippen molar-refractivity contribution in [1.82, 2.24) is 19.1 Å². The van der Waals surface area contributed by atoms with Crippen molar-refractivity contribution < 1.29 is 9.53 Å². The number of aromatic nitrogens is 4. The largest absolute Gasteiger partial charge is 0.457 e. The lowest BCUT2D eigenvalue weighted by molar-refractivity contribution is -0.144. The zero-order chi connectivity index (χ0) is 21.0. The van der Waals surface area contributed by atoms with E-state index in [4.69, 9.17) is 4.74 Å². The summed E-state index contributed by atoms with van der Waals surface area (Å²) in [5.74, 6) is 0.0369. The Labute approximate surface area is 171 Å². The predicted molar refractivity (Wildman–Crippen MR) is 112 cm³/mol. The third kappa shape index (κ3) is 4.61. The number of aromatic amines is 1. The first-order chi connectivity index (χ1) is 13.9. The molecular formula is C20H24N4O4S. The summed E-state index contributed by atoms with van der Waals surface area (Å²) in [5, 5.41) is -0.391. The fourth-order valence-electron chi connectivity index (χ4n) is 2.95. The van der Waals surface area contributed by atoms with Crippen molar-refractivity contribution in [1.29, 1.82) is 0 Å². The first kappa shape index (κ1) is 20.9. The smallest absolute Gasteiger partial charge is 0.330 e. The molecule has 1 atom stereocenters. The van der Waals surface area contributed by atoms with Crippen molar-refractivity contribution in [2.45, 2.75) is 50.0 Å². The number of fused-ring (bicyclic) bond motifs is 1. The lowest BCUT2D eigenvalue weighted by Crippen LogP contribution is -2.31. The number of hydrogen-bond acceptors (Lipinski definition) is 6. The Morgan fingerprint density at radius 3 is 2.69 bits per heavy atom. The number of carbonyl (C=O) groups is 1. The summed E-state index contributed by atoms with van der Waals surface area (Å²) in [6.07, 6.45) is 1.69. The number of H-pyrrole nitrogens is 1. The molecular weight excluding hydrogens is 392 g/mol. The molecule has 3 rings (SSSR count). The molecule has 1 aromatic carbocycles. The standard InChI is InChI=1S/C20H24N4O4S/c1-4-5-11-24-17-16(18(25)22-20(24)27)23(3)15(21-17)12-28-19(26)13(2)29-14-9-7-6-8-10-14/h6-10,13H,4-5,11-12H2,1-3H3,(H,22,25,27)/t13-/m1/s1. The van der Waals surface area contributed by atoms with Gasteiger partial charge in [-0.3, -0.25) is 19.1 Å². The van der Waals surface area contributed by atoms with Crippen molar-refractivity contribution in [3.63, 3.8) is 0 Å². The van der Waals surface area contributed by atoms with Crippen LogP contribution in [-0.4, -0.2) is 30.3 Å². The molecule has 1 N–H and O–H groups in total. The molecule has 0 unspecified atom stereocenters. The molecule has 0 radical (unpaired) electrons. The van der Waals surface area contributed by atoms with Crippen molar-refractivity contribution in [2.75, 3.05) is 0 Å². The zero-order valence-electron chi connectivity index (χ0n) is 16.7. The van der Waals surface area contributed by atoms with Crippen LogP contribution in [0.3, 0.4) is 0 Å². The number of esters is 1. The maximum Gasteiger partial charge on any atom is 0.330 e. The summed E-state index contributed by atoms with van der Waals surface area (Å²) >= 11 is 1.41. The van der Waals surface area contributed by atoms with E-state index in [-0.39, 0.29) is 12.6 Å². The Morgan fingerprint density at radius 1 is 1.28 bits per heavy atom. The van der Waals surface area contributed by atoms with Crippen LogP contribution < -0.4 is 11.2 Å². The molecule has 0 aliphatic heterocycles. The summed E-state index contributed by atoms with van der Waals surface area (Å²) in [7, 11) is 1.67. The highest BCUT2D eigenvalue weighted by Gasteiger charge is 2.20. The van der Waals surface area contributed by atoms with Crippen LogP contribution in [0, 0.1) is 0 Å². The van der Waals surface area contributed by atoms with Gasteiger partial charge in [-0.05, 0) is 25.5 Å². The SMILES string of the molecule is CCCCn1c(=O)[nH]c(=O)c2c1nc(COC(=O)[C@@H](C)Sc1ccccc1)n2C. The van der Waals surface area contributed by atoms with Crippen LogP contribution in [0.15, 0.2) is 44.8 Å². The molecule has 0 aliphatic rings. The van der Waals surface area contributed by atoms with Crippen LogP contribution in [0.25, 0.3) is 11.2 Å². The van der Waals surface area contributed by atoms with E-state index < -0.39 is 16.5 Å². The summed E-state index contributed by atoms with van der Waals surface area (Å²) in [4.78, 5) is 44.6. The highest BCUT2D eigenvalue weighted by atomic mass is 32.2. The summed E-state index contributed by atoms with van der Waals surface area (Å²) in [6, 6.07) is 9.61. The second-order valence-electron chi connectivity index (χ2n) is 6.70. The number of rotatable bonds is 8. The molecule has 0 fully saturated rings. The fraction of sp³-hybridized carbons (Fsp3) is 0.400. The van der Waals surface area contributed by atoms with Crippen LogP contribution in [0.1, 0.15) is 32.5 Å². The highest BCUT2D eigenvalue weighted by molar-refractivity contribution is 8.00. The monoisotopic (exact) mass is 416 g/mol. The van der Waals surface area contributed by atoms with E-state index in [1.54, 1.807) is 18.5 Å². The zero-order valence-corrected chi connectivity index (χ0v) is 17.5. The van der Waals surface area contributed by atoms with E-state index in [0.717, 1.165) is 17.7 Å². The van der Waals surface area contributed by atoms with Crippen LogP contribution in [0.5, 0.6) is 0 Å². The second-order valence-corrected chi connectivity index (χ2v) is 8.12. The summed E-state index contributed by atoms with van der Waals surface area (Å²) < 4.78 is 8.45. The topological polar surface area (TPSA) is 99.0 Å². The van der Waals surface area contributed by atoms with Gasteiger partial charge in [-0.2, -0.15) is 0 Å². The second kappa shape index (κ2) is 9.13. The molecule has 3 aromatic rings. The van der Waals surface area contributed by atoms with Crippen molar-refractivity contribution in [3.05, 3.63) is 57.0 Å². The Kier molecular flexibility index (Phi) is 6.58. The Morgan fingerprint density at radius 2 is 2.00 bits per heavy atom. The van der Waals surface area contributed by atoms with Crippen LogP contribution in [-0.2, 0) is 29.7 Å². The number of nitrogens with zero attached hydrogens (tertiary/aromatic N) is 3. The normalized spacial score (nSPS) is 12.2. The maximum absolute atomic E-state index is 12.4. The van der Waals surface area contributed by atoms with Crippen molar-refractivity contribution >= 4 is 28.9 Å². The number of benzene rings is 1. The van der Waals surface area contributed by atoms with E-state index in [2.05, 4.69) is 9.97 Å². The quantitative estimate of drug-likeness (QED) is 0.447. The van der Waals surface area contributed by atoms with Gasteiger partial charge in [0, 0.05) is 18.5 Å². The average molecular weight is 417 g/mol. The van der Waals surface area contributed by atoms with E-state index in [9.17, 15) is 14.4 Å². The predicted octanol–water partition coefficient (Wildman–Crippen LogP) is 2.45. The number of nitrogens with one attached hydrogen (secondary N) is 1. The first-order valence-corrected chi connectivity index (χ1v) is 10.4. The number of thioether (sulfide) groups is 1. The molecule has 0 saturated carbocycles. The molecule has 29 heavy (non-hydrogen) atoms. The average Bonchev–Trinajstić information content (AvgIpc) is 3.03. The molecule has 0 bridgehead atoms. The molecule has 0 aliphatic carbocycles. The molecule has 0 amide bonds. The number of ether oxygens (including phenoxy) is 1. The minimum Gasteiger partial charge on any atom is -0.457 e. The Bertz CT molecular complexity index is 1120. The van der Waals surface area contributed by atoms with Gasteiger partial charge < -0.3 is 9.30 Å². The third-order valence-electron chi connectivity index (χ3n) is 4.57. The van der Waals surface area contributed by atoms with Gasteiger partial charge >= 0.3 is 11.7 Å². The maximum atomic E-state index is 12.4. The molecule has 2 heterocycles. The molecule has 9 heteroatoms. The van der Waals surface area contributed by atoms with Crippen LogP contribution in [0.2, 0.25) is 0 Å². The lowest BCUT2D eigenvalue weighted by atomic mass is 10.3. The lowest BCUT2D eigenvalue weighted by Gasteiger charge is -2.11. The van der Waals surface area contributed by atoms with Crippen molar-refractivity contribution in [3.8, 4) is 0 Å². The molecule has 2 aromatic heterocycles. The van der Waals surface area contributed by atoms with Gasteiger partial charge in [0.25, 0.3) is 5.56 Å².